The average Bonchev–Trinajstić information content (AvgIpc) is 2.46. The highest BCUT2D eigenvalue weighted by atomic mass is 15.0. The summed E-state index contributed by atoms with van der Waals surface area (Å²) in [7, 11) is 0. The SMILES string of the molecule is CC1CCC(c2nc3c(c(C(C)C)n2)CCNC3)CC1. The van der Waals surface area contributed by atoms with Crippen molar-refractivity contribution in [3.63, 3.8) is 0 Å². The lowest BCUT2D eigenvalue weighted by Crippen LogP contribution is -2.28. The third-order valence-electron chi connectivity index (χ3n) is 4.91. The second-order valence-corrected chi connectivity index (χ2v) is 6.93. The molecule has 0 amide bonds. The van der Waals surface area contributed by atoms with E-state index < -0.39 is 0 Å². The summed E-state index contributed by atoms with van der Waals surface area (Å²) in [4.78, 5) is 9.93. The normalized spacial score (nSPS) is 26.6. The molecule has 3 heteroatoms. The molecule has 3 nitrogen and oxygen atoms in total. The van der Waals surface area contributed by atoms with Crippen molar-refractivity contribution in [1.82, 2.24) is 15.3 Å². The van der Waals surface area contributed by atoms with Crippen LogP contribution in [-0.2, 0) is 13.0 Å². The molecule has 20 heavy (non-hydrogen) atoms. The zero-order valence-electron chi connectivity index (χ0n) is 13.1. The lowest BCUT2D eigenvalue weighted by atomic mass is 9.82. The van der Waals surface area contributed by atoms with Crippen LogP contribution in [0.15, 0.2) is 0 Å². The molecule has 0 saturated heterocycles. The molecular formula is C17H27N3. The van der Waals surface area contributed by atoms with Crippen LogP contribution in [0.2, 0.25) is 0 Å². The number of rotatable bonds is 2. The molecule has 3 rings (SSSR count). The number of aromatic nitrogens is 2. The number of hydrogen-bond donors (Lipinski definition) is 1. The summed E-state index contributed by atoms with van der Waals surface area (Å²) in [6.07, 6.45) is 6.29. The quantitative estimate of drug-likeness (QED) is 0.895. The first kappa shape index (κ1) is 14.0. The van der Waals surface area contributed by atoms with Crippen LogP contribution in [-0.4, -0.2) is 16.5 Å². The summed E-state index contributed by atoms with van der Waals surface area (Å²) in [6, 6.07) is 0. The van der Waals surface area contributed by atoms with Crippen molar-refractivity contribution in [1.29, 1.82) is 0 Å². The first-order valence-corrected chi connectivity index (χ1v) is 8.25. The summed E-state index contributed by atoms with van der Waals surface area (Å²) in [5, 5.41) is 3.45. The Morgan fingerprint density at radius 1 is 1.10 bits per heavy atom. The van der Waals surface area contributed by atoms with Crippen molar-refractivity contribution in [3.8, 4) is 0 Å². The second kappa shape index (κ2) is 5.80. The Kier molecular flexibility index (Phi) is 4.06. The van der Waals surface area contributed by atoms with Crippen LogP contribution in [0.25, 0.3) is 0 Å². The Labute approximate surface area is 122 Å². The smallest absolute Gasteiger partial charge is 0.132 e. The molecule has 0 bridgehead atoms. The van der Waals surface area contributed by atoms with Gasteiger partial charge in [0.05, 0.1) is 11.4 Å². The molecule has 2 aliphatic rings. The molecule has 0 spiro atoms. The van der Waals surface area contributed by atoms with Crippen LogP contribution in [0.5, 0.6) is 0 Å². The van der Waals surface area contributed by atoms with E-state index >= 15 is 0 Å². The lowest BCUT2D eigenvalue weighted by molar-refractivity contribution is 0.338. The third kappa shape index (κ3) is 2.73. The van der Waals surface area contributed by atoms with Crippen molar-refractivity contribution in [3.05, 3.63) is 22.8 Å². The van der Waals surface area contributed by atoms with Crippen LogP contribution < -0.4 is 5.32 Å². The monoisotopic (exact) mass is 273 g/mol. The fourth-order valence-corrected chi connectivity index (χ4v) is 3.59. The van der Waals surface area contributed by atoms with E-state index in [1.54, 1.807) is 0 Å². The fourth-order valence-electron chi connectivity index (χ4n) is 3.59. The first-order valence-electron chi connectivity index (χ1n) is 8.25. The van der Waals surface area contributed by atoms with Gasteiger partial charge in [0.2, 0.25) is 0 Å². The van der Waals surface area contributed by atoms with Crippen LogP contribution in [0, 0.1) is 5.92 Å². The van der Waals surface area contributed by atoms with Gasteiger partial charge in [-0.2, -0.15) is 0 Å². The summed E-state index contributed by atoms with van der Waals surface area (Å²) in [5.41, 5.74) is 4.00. The summed E-state index contributed by atoms with van der Waals surface area (Å²) >= 11 is 0. The minimum Gasteiger partial charge on any atom is -0.311 e. The van der Waals surface area contributed by atoms with Gasteiger partial charge in [-0.15, -0.1) is 0 Å². The van der Waals surface area contributed by atoms with E-state index in [1.165, 1.54) is 42.6 Å². The Morgan fingerprint density at radius 3 is 2.55 bits per heavy atom. The molecule has 0 radical (unpaired) electrons. The standard InChI is InChI=1S/C17H27N3/c1-11(2)16-14-8-9-18-10-15(14)19-17(20-16)13-6-4-12(3)5-7-13/h11-13,18H,4-10H2,1-3H3. The van der Waals surface area contributed by atoms with Crippen LogP contribution in [0.1, 0.15) is 81.1 Å². The molecule has 0 aromatic carbocycles. The predicted octanol–water partition coefficient (Wildman–Crippen LogP) is 3.54. The summed E-state index contributed by atoms with van der Waals surface area (Å²) < 4.78 is 0. The number of nitrogens with zero attached hydrogens (tertiary/aromatic N) is 2. The van der Waals surface area contributed by atoms with Crippen LogP contribution >= 0.6 is 0 Å². The second-order valence-electron chi connectivity index (χ2n) is 6.93. The molecule has 0 atom stereocenters. The Balaban J connectivity index is 1.93. The summed E-state index contributed by atoms with van der Waals surface area (Å²) in [6.45, 7) is 8.88. The van der Waals surface area contributed by atoms with Gasteiger partial charge in [0, 0.05) is 12.5 Å². The molecule has 1 N–H and O–H groups in total. The number of hydrogen-bond acceptors (Lipinski definition) is 3. The minimum absolute atomic E-state index is 0.506. The van der Waals surface area contributed by atoms with Crippen molar-refractivity contribution in [2.75, 3.05) is 6.54 Å². The van der Waals surface area contributed by atoms with E-state index in [2.05, 4.69) is 26.1 Å². The van der Waals surface area contributed by atoms with Crippen molar-refractivity contribution < 1.29 is 0 Å². The number of fused-ring (bicyclic) bond motifs is 1. The van der Waals surface area contributed by atoms with Gasteiger partial charge in [-0.3, -0.25) is 0 Å². The van der Waals surface area contributed by atoms with E-state index in [0.29, 0.717) is 11.8 Å². The van der Waals surface area contributed by atoms with Gasteiger partial charge >= 0.3 is 0 Å². The molecule has 1 fully saturated rings. The zero-order valence-corrected chi connectivity index (χ0v) is 13.1. The average molecular weight is 273 g/mol. The largest absolute Gasteiger partial charge is 0.311 e. The minimum atomic E-state index is 0.506. The van der Waals surface area contributed by atoms with Gasteiger partial charge in [0.15, 0.2) is 0 Å². The Bertz CT molecular complexity index is 473. The summed E-state index contributed by atoms with van der Waals surface area (Å²) in [5.74, 6) is 3.11. The van der Waals surface area contributed by atoms with Gasteiger partial charge in [-0.1, -0.05) is 33.6 Å². The van der Waals surface area contributed by atoms with Crippen molar-refractivity contribution in [2.45, 2.75) is 71.3 Å². The maximum Gasteiger partial charge on any atom is 0.132 e. The first-order chi connectivity index (χ1) is 9.65. The molecule has 1 aromatic heterocycles. The third-order valence-corrected chi connectivity index (χ3v) is 4.91. The number of nitrogens with one attached hydrogen (secondary N) is 1. The van der Waals surface area contributed by atoms with Gasteiger partial charge in [-0.05, 0) is 43.2 Å². The zero-order chi connectivity index (χ0) is 14.1. The lowest BCUT2D eigenvalue weighted by Gasteiger charge is -2.28. The van der Waals surface area contributed by atoms with Gasteiger partial charge in [-0.25, -0.2) is 9.97 Å². The predicted molar refractivity (Wildman–Crippen MR) is 81.9 cm³/mol. The molecule has 110 valence electrons. The molecule has 2 heterocycles. The van der Waals surface area contributed by atoms with Gasteiger partial charge in [0.25, 0.3) is 0 Å². The molecule has 1 aliphatic carbocycles. The molecule has 0 unspecified atom stereocenters. The van der Waals surface area contributed by atoms with E-state index in [-0.39, 0.29) is 0 Å². The molecule has 1 saturated carbocycles. The Morgan fingerprint density at radius 2 is 1.85 bits per heavy atom. The van der Waals surface area contributed by atoms with Gasteiger partial charge in [0.1, 0.15) is 5.82 Å². The molecular weight excluding hydrogens is 246 g/mol. The topological polar surface area (TPSA) is 37.8 Å². The van der Waals surface area contributed by atoms with E-state index in [1.807, 2.05) is 0 Å². The fraction of sp³-hybridized carbons (Fsp3) is 0.765. The van der Waals surface area contributed by atoms with Gasteiger partial charge < -0.3 is 5.32 Å². The highest BCUT2D eigenvalue weighted by molar-refractivity contribution is 5.31. The van der Waals surface area contributed by atoms with Crippen molar-refractivity contribution >= 4 is 0 Å². The Hall–Kier alpha value is -0.960. The highest BCUT2D eigenvalue weighted by Gasteiger charge is 2.25. The maximum absolute atomic E-state index is 5.00. The molecule has 1 aromatic rings. The van der Waals surface area contributed by atoms with Crippen LogP contribution in [0.3, 0.4) is 0 Å². The van der Waals surface area contributed by atoms with Crippen LogP contribution in [0.4, 0.5) is 0 Å². The molecule has 1 aliphatic heterocycles. The van der Waals surface area contributed by atoms with E-state index in [4.69, 9.17) is 9.97 Å². The van der Waals surface area contributed by atoms with E-state index in [9.17, 15) is 0 Å². The van der Waals surface area contributed by atoms with Crippen molar-refractivity contribution in [2.24, 2.45) is 5.92 Å². The highest BCUT2D eigenvalue weighted by Crippen LogP contribution is 2.35. The maximum atomic E-state index is 5.00. The van der Waals surface area contributed by atoms with E-state index in [0.717, 1.165) is 31.3 Å².